The Balaban J connectivity index is 0. The fourth-order valence-corrected chi connectivity index (χ4v) is 1.34. The first kappa shape index (κ1) is 18.3. The summed E-state index contributed by atoms with van der Waals surface area (Å²) in [6.45, 7) is 7.03. The maximum Gasteiger partial charge on any atom is 0.191 e. The van der Waals surface area contributed by atoms with Gasteiger partial charge in [0.05, 0.1) is 12.3 Å². The van der Waals surface area contributed by atoms with Crippen molar-refractivity contribution in [2.75, 3.05) is 25.1 Å². The van der Waals surface area contributed by atoms with Crippen LogP contribution in [0, 0.1) is 0 Å². The van der Waals surface area contributed by atoms with Crippen LogP contribution in [0.25, 0.3) is 0 Å². The SMILES string of the molecule is CCNC(=NCCS(C)(=O)=O)NC(C)C.I. The molecule has 0 unspecified atom stereocenters. The number of hydrogen-bond donors (Lipinski definition) is 2. The molecule has 5 nitrogen and oxygen atoms in total. The van der Waals surface area contributed by atoms with Crippen molar-refractivity contribution in [1.82, 2.24) is 10.6 Å². The van der Waals surface area contributed by atoms with E-state index >= 15 is 0 Å². The lowest BCUT2D eigenvalue weighted by Crippen LogP contribution is -2.41. The second-order valence-corrected chi connectivity index (χ2v) is 5.95. The van der Waals surface area contributed by atoms with E-state index in [4.69, 9.17) is 0 Å². The van der Waals surface area contributed by atoms with Gasteiger partial charge in [-0.3, -0.25) is 4.99 Å². The third-order valence-electron chi connectivity index (χ3n) is 1.50. The number of sulfone groups is 1. The Hall–Kier alpha value is -0.0500. The van der Waals surface area contributed by atoms with E-state index in [0.717, 1.165) is 6.54 Å². The van der Waals surface area contributed by atoms with Crippen LogP contribution in [0.4, 0.5) is 0 Å². The van der Waals surface area contributed by atoms with Gasteiger partial charge in [0.1, 0.15) is 9.84 Å². The highest BCUT2D eigenvalue weighted by molar-refractivity contribution is 14.0. The summed E-state index contributed by atoms with van der Waals surface area (Å²) < 4.78 is 21.8. The quantitative estimate of drug-likeness (QED) is 0.427. The minimum Gasteiger partial charge on any atom is -0.357 e. The fraction of sp³-hybridized carbons (Fsp3) is 0.889. The molecule has 0 spiro atoms. The van der Waals surface area contributed by atoms with Gasteiger partial charge in [-0.2, -0.15) is 0 Å². The molecule has 7 heteroatoms. The van der Waals surface area contributed by atoms with Gasteiger partial charge in [0.25, 0.3) is 0 Å². The summed E-state index contributed by atoms with van der Waals surface area (Å²) in [5.41, 5.74) is 0. The standard InChI is InChI=1S/C9H21N3O2S.HI/c1-5-10-9(12-8(2)3)11-6-7-15(4,13)14;/h8H,5-7H2,1-4H3,(H2,10,11,12);1H. The van der Waals surface area contributed by atoms with E-state index in [1.807, 2.05) is 20.8 Å². The number of aliphatic imine (C=N–C) groups is 1. The van der Waals surface area contributed by atoms with Crippen LogP contribution in [0.2, 0.25) is 0 Å². The molecule has 0 aromatic carbocycles. The summed E-state index contributed by atoms with van der Waals surface area (Å²) >= 11 is 0. The molecule has 2 N–H and O–H groups in total. The number of rotatable bonds is 5. The van der Waals surface area contributed by atoms with Crippen molar-refractivity contribution in [3.05, 3.63) is 0 Å². The largest absolute Gasteiger partial charge is 0.357 e. The van der Waals surface area contributed by atoms with Crippen LogP contribution in [0.3, 0.4) is 0 Å². The molecule has 0 saturated heterocycles. The van der Waals surface area contributed by atoms with E-state index in [2.05, 4.69) is 15.6 Å². The van der Waals surface area contributed by atoms with Crippen LogP contribution in [-0.2, 0) is 9.84 Å². The van der Waals surface area contributed by atoms with Gasteiger partial charge in [-0.15, -0.1) is 24.0 Å². The van der Waals surface area contributed by atoms with Gasteiger partial charge in [-0.1, -0.05) is 0 Å². The highest BCUT2D eigenvalue weighted by atomic mass is 127. The minimum atomic E-state index is -2.93. The van der Waals surface area contributed by atoms with Crippen molar-refractivity contribution in [2.45, 2.75) is 26.8 Å². The summed E-state index contributed by atoms with van der Waals surface area (Å²) in [6.07, 6.45) is 1.21. The Kier molecular flexibility index (Phi) is 10.3. The Bertz CT molecular complexity index is 302. The minimum absolute atomic E-state index is 0. The summed E-state index contributed by atoms with van der Waals surface area (Å²) in [5, 5.41) is 6.16. The Morgan fingerprint density at radius 3 is 2.31 bits per heavy atom. The lowest BCUT2D eigenvalue weighted by atomic mass is 10.4. The van der Waals surface area contributed by atoms with Gasteiger partial charge in [0.15, 0.2) is 5.96 Å². The van der Waals surface area contributed by atoms with Crippen molar-refractivity contribution in [2.24, 2.45) is 4.99 Å². The molecule has 0 radical (unpaired) electrons. The summed E-state index contributed by atoms with van der Waals surface area (Å²) in [6, 6.07) is 0.279. The lowest BCUT2D eigenvalue weighted by molar-refractivity contribution is 0.601. The van der Waals surface area contributed by atoms with E-state index in [-0.39, 0.29) is 35.8 Å². The van der Waals surface area contributed by atoms with Crippen LogP contribution in [0.5, 0.6) is 0 Å². The molecule has 0 aliphatic carbocycles. The van der Waals surface area contributed by atoms with Gasteiger partial charge in [0, 0.05) is 18.8 Å². The van der Waals surface area contributed by atoms with Crippen molar-refractivity contribution in [1.29, 1.82) is 0 Å². The van der Waals surface area contributed by atoms with E-state index < -0.39 is 9.84 Å². The number of guanidine groups is 1. The normalized spacial score (nSPS) is 12.2. The van der Waals surface area contributed by atoms with E-state index in [9.17, 15) is 8.42 Å². The van der Waals surface area contributed by atoms with Crippen LogP contribution >= 0.6 is 24.0 Å². The number of nitrogens with one attached hydrogen (secondary N) is 2. The van der Waals surface area contributed by atoms with Crippen LogP contribution in [-0.4, -0.2) is 45.5 Å². The molecular weight excluding hydrogens is 341 g/mol. The maximum atomic E-state index is 10.9. The van der Waals surface area contributed by atoms with Crippen molar-refractivity contribution in [3.63, 3.8) is 0 Å². The highest BCUT2D eigenvalue weighted by Crippen LogP contribution is 1.84. The third-order valence-corrected chi connectivity index (χ3v) is 2.43. The fourth-order valence-electron chi connectivity index (χ4n) is 0.917. The van der Waals surface area contributed by atoms with Crippen LogP contribution < -0.4 is 10.6 Å². The van der Waals surface area contributed by atoms with Gasteiger partial charge in [-0.05, 0) is 20.8 Å². The summed E-state index contributed by atoms with van der Waals surface area (Å²) in [5.74, 6) is 0.748. The molecule has 0 atom stereocenters. The average molecular weight is 363 g/mol. The first-order valence-electron chi connectivity index (χ1n) is 5.07. The monoisotopic (exact) mass is 363 g/mol. The van der Waals surface area contributed by atoms with Crippen LogP contribution in [0.1, 0.15) is 20.8 Å². The molecule has 98 valence electrons. The second-order valence-electron chi connectivity index (χ2n) is 3.69. The average Bonchev–Trinajstić information content (AvgIpc) is 2.00. The zero-order valence-electron chi connectivity index (χ0n) is 10.3. The topological polar surface area (TPSA) is 70.6 Å². The Labute approximate surface area is 115 Å². The molecule has 0 rings (SSSR count). The van der Waals surface area contributed by atoms with E-state index in [1.165, 1.54) is 6.26 Å². The molecule has 0 fully saturated rings. The molecule has 0 bridgehead atoms. The smallest absolute Gasteiger partial charge is 0.191 e. The molecule has 0 aromatic heterocycles. The van der Waals surface area contributed by atoms with Crippen LogP contribution in [0.15, 0.2) is 4.99 Å². The van der Waals surface area contributed by atoms with Crippen molar-refractivity contribution < 1.29 is 8.42 Å². The highest BCUT2D eigenvalue weighted by Gasteiger charge is 2.02. The molecule has 0 aliphatic rings. The zero-order valence-corrected chi connectivity index (χ0v) is 13.4. The van der Waals surface area contributed by atoms with Gasteiger partial charge in [-0.25, -0.2) is 8.42 Å². The second kappa shape index (κ2) is 9.03. The van der Waals surface area contributed by atoms with Crippen molar-refractivity contribution >= 4 is 39.8 Å². The predicted molar refractivity (Wildman–Crippen MR) is 79.4 cm³/mol. The van der Waals surface area contributed by atoms with Gasteiger partial charge in [0.2, 0.25) is 0 Å². The number of halogens is 1. The molecular formula is C9H22IN3O2S. The maximum absolute atomic E-state index is 10.9. The van der Waals surface area contributed by atoms with Gasteiger partial charge < -0.3 is 10.6 Å². The molecule has 0 heterocycles. The summed E-state index contributed by atoms with van der Waals surface area (Å²) in [4.78, 5) is 4.15. The Morgan fingerprint density at radius 2 is 1.94 bits per heavy atom. The van der Waals surface area contributed by atoms with E-state index in [0.29, 0.717) is 12.5 Å². The zero-order chi connectivity index (χ0) is 11.9. The van der Waals surface area contributed by atoms with Crippen molar-refractivity contribution in [3.8, 4) is 0 Å². The first-order chi connectivity index (χ1) is 6.85. The number of nitrogens with zero attached hydrogens (tertiary/aromatic N) is 1. The first-order valence-corrected chi connectivity index (χ1v) is 7.13. The Morgan fingerprint density at radius 1 is 1.38 bits per heavy atom. The molecule has 0 aromatic rings. The van der Waals surface area contributed by atoms with Gasteiger partial charge >= 0.3 is 0 Å². The third kappa shape index (κ3) is 12.0. The number of hydrogen-bond acceptors (Lipinski definition) is 3. The molecule has 0 saturated carbocycles. The lowest BCUT2D eigenvalue weighted by Gasteiger charge is -2.13. The predicted octanol–water partition coefficient (Wildman–Crippen LogP) is 0.613. The molecule has 16 heavy (non-hydrogen) atoms. The molecule has 0 aliphatic heterocycles. The van der Waals surface area contributed by atoms with E-state index in [1.54, 1.807) is 0 Å². The summed E-state index contributed by atoms with van der Waals surface area (Å²) in [7, 11) is -2.93. The molecule has 0 amide bonds.